The van der Waals surface area contributed by atoms with Crippen molar-refractivity contribution >= 4 is 49.7 Å². The number of hydrogen-bond donors (Lipinski definition) is 0. The standard InChI is InChI=1S/C20H12O3/c1-11(21)12-6-8-17-15(10-12)13-7-9-18-19(20(13)23-17)14-4-2-3-5-16(14)22-18/h2-10H,1H3. The molecule has 0 amide bonds. The highest BCUT2D eigenvalue weighted by atomic mass is 16.3. The maximum absolute atomic E-state index is 11.6. The normalized spacial score (nSPS) is 11.9. The maximum Gasteiger partial charge on any atom is 0.159 e. The third-order valence-electron chi connectivity index (χ3n) is 4.38. The van der Waals surface area contributed by atoms with Crippen molar-refractivity contribution in [2.75, 3.05) is 0 Å². The van der Waals surface area contributed by atoms with E-state index in [2.05, 4.69) is 0 Å². The topological polar surface area (TPSA) is 43.4 Å². The second kappa shape index (κ2) is 4.23. The molecule has 0 N–H and O–H groups in total. The molecule has 0 spiro atoms. The summed E-state index contributed by atoms with van der Waals surface area (Å²) in [7, 11) is 0. The van der Waals surface area contributed by atoms with E-state index in [1.54, 1.807) is 13.0 Å². The fourth-order valence-corrected chi connectivity index (χ4v) is 3.26. The van der Waals surface area contributed by atoms with Crippen molar-refractivity contribution in [3.8, 4) is 0 Å². The predicted octanol–water partition coefficient (Wildman–Crippen LogP) is 5.69. The van der Waals surface area contributed by atoms with Crippen LogP contribution < -0.4 is 0 Å². The highest BCUT2D eigenvalue weighted by molar-refractivity contribution is 6.22. The molecular weight excluding hydrogens is 288 g/mol. The molecule has 5 rings (SSSR count). The summed E-state index contributed by atoms with van der Waals surface area (Å²) < 4.78 is 12.0. The molecule has 0 radical (unpaired) electrons. The first-order valence-electron chi connectivity index (χ1n) is 7.50. The molecule has 0 aliphatic rings. The van der Waals surface area contributed by atoms with Crippen LogP contribution in [0.15, 0.2) is 63.4 Å². The summed E-state index contributed by atoms with van der Waals surface area (Å²) in [5.74, 6) is 0.0519. The van der Waals surface area contributed by atoms with Crippen molar-refractivity contribution in [3.63, 3.8) is 0 Å². The Morgan fingerprint density at radius 2 is 1.57 bits per heavy atom. The van der Waals surface area contributed by atoms with Crippen LogP contribution in [0.4, 0.5) is 0 Å². The minimum atomic E-state index is 0.0519. The van der Waals surface area contributed by atoms with Gasteiger partial charge in [0.15, 0.2) is 5.78 Å². The summed E-state index contributed by atoms with van der Waals surface area (Å²) in [6.07, 6.45) is 0. The van der Waals surface area contributed by atoms with Crippen LogP contribution in [0.5, 0.6) is 0 Å². The first-order chi connectivity index (χ1) is 11.2. The molecule has 3 aromatic carbocycles. The van der Waals surface area contributed by atoms with Crippen molar-refractivity contribution < 1.29 is 13.6 Å². The number of rotatable bonds is 1. The van der Waals surface area contributed by atoms with Gasteiger partial charge in [0.25, 0.3) is 0 Å². The van der Waals surface area contributed by atoms with Gasteiger partial charge in [-0.3, -0.25) is 4.79 Å². The Morgan fingerprint density at radius 1 is 0.783 bits per heavy atom. The van der Waals surface area contributed by atoms with Gasteiger partial charge in [0.1, 0.15) is 22.3 Å². The smallest absolute Gasteiger partial charge is 0.159 e. The fourth-order valence-electron chi connectivity index (χ4n) is 3.26. The van der Waals surface area contributed by atoms with Gasteiger partial charge in [-0.1, -0.05) is 18.2 Å². The number of hydrogen-bond acceptors (Lipinski definition) is 3. The van der Waals surface area contributed by atoms with Crippen LogP contribution in [0.25, 0.3) is 43.9 Å². The Balaban J connectivity index is 2.01. The summed E-state index contributed by atoms with van der Waals surface area (Å²) >= 11 is 0. The predicted molar refractivity (Wildman–Crippen MR) is 91.0 cm³/mol. The summed E-state index contributed by atoms with van der Waals surface area (Å²) in [5.41, 5.74) is 3.94. The number of carbonyl (C=O) groups is 1. The van der Waals surface area contributed by atoms with Gasteiger partial charge < -0.3 is 8.83 Å². The molecule has 0 atom stereocenters. The first kappa shape index (κ1) is 12.5. The van der Waals surface area contributed by atoms with Crippen molar-refractivity contribution in [2.45, 2.75) is 6.92 Å². The monoisotopic (exact) mass is 300 g/mol. The van der Waals surface area contributed by atoms with Crippen LogP contribution >= 0.6 is 0 Å². The number of carbonyl (C=O) groups excluding carboxylic acids is 1. The molecule has 2 heterocycles. The third-order valence-corrected chi connectivity index (χ3v) is 4.38. The molecular formula is C20H12O3. The van der Waals surface area contributed by atoms with E-state index in [1.165, 1.54) is 0 Å². The van der Waals surface area contributed by atoms with Gasteiger partial charge in [-0.25, -0.2) is 0 Å². The van der Waals surface area contributed by atoms with Gasteiger partial charge >= 0.3 is 0 Å². The number of ketones is 1. The van der Waals surface area contributed by atoms with Crippen molar-refractivity contribution in [3.05, 3.63) is 60.2 Å². The van der Waals surface area contributed by atoms with Crippen LogP contribution in [-0.4, -0.2) is 5.78 Å². The largest absolute Gasteiger partial charge is 0.456 e. The van der Waals surface area contributed by atoms with Crippen LogP contribution in [0, 0.1) is 0 Å². The van der Waals surface area contributed by atoms with Crippen molar-refractivity contribution in [1.82, 2.24) is 0 Å². The Bertz CT molecular complexity index is 1240. The van der Waals surface area contributed by atoms with Crippen LogP contribution in [0.2, 0.25) is 0 Å². The summed E-state index contributed by atoms with van der Waals surface area (Å²) in [6.45, 7) is 1.57. The van der Waals surface area contributed by atoms with E-state index in [1.807, 2.05) is 48.5 Å². The highest BCUT2D eigenvalue weighted by Crippen LogP contribution is 2.39. The van der Waals surface area contributed by atoms with Gasteiger partial charge in [-0.05, 0) is 43.3 Å². The molecule has 0 aliphatic heterocycles. The van der Waals surface area contributed by atoms with E-state index < -0.39 is 0 Å². The number of benzene rings is 3. The van der Waals surface area contributed by atoms with E-state index >= 15 is 0 Å². The number of fused-ring (bicyclic) bond motifs is 7. The number of Topliss-reactive ketones (excluding diaryl/α,β-unsaturated/α-hetero) is 1. The second-order valence-electron chi connectivity index (χ2n) is 5.78. The van der Waals surface area contributed by atoms with E-state index in [9.17, 15) is 4.79 Å². The summed E-state index contributed by atoms with van der Waals surface area (Å²) in [4.78, 5) is 11.6. The van der Waals surface area contributed by atoms with Crippen molar-refractivity contribution in [2.24, 2.45) is 0 Å². The van der Waals surface area contributed by atoms with Gasteiger partial charge in [0.2, 0.25) is 0 Å². The average molecular weight is 300 g/mol. The average Bonchev–Trinajstić information content (AvgIpc) is 3.11. The lowest BCUT2D eigenvalue weighted by Gasteiger charge is -1.94. The third kappa shape index (κ3) is 1.62. The molecule has 2 aromatic heterocycles. The fraction of sp³-hybridized carbons (Fsp3) is 0.0500. The zero-order valence-electron chi connectivity index (χ0n) is 12.4. The molecule has 0 aliphatic carbocycles. The highest BCUT2D eigenvalue weighted by Gasteiger charge is 2.16. The molecule has 5 aromatic rings. The Hall–Kier alpha value is -3.07. The Kier molecular flexibility index (Phi) is 2.29. The first-order valence-corrected chi connectivity index (χ1v) is 7.50. The summed E-state index contributed by atoms with van der Waals surface area (Å²) in [5, 5.41) is 3.99. The lowest BCUT2D eigenvalue weighted by Crippen LogP contribution is -1.89. The van der Waals surface area contributed by atoms with Gasteiger partial charge in [-0.15, -0.1) is 0 Å². The zero-order valence-corrected chi connectivity index (χ0v) is 12.4. The summed E-state index contributed by atoms with van der Waals surface area (Å²) in [6, 6.07) is 17.5. The molecule has 23 heavy (non-hydrogen) atoms. The maximum atomic E-state index is 11.6. The zero-order chi connectivity index (χ0) is 15.6. The minimum absolute atomic E-state index is 0.0519. The Labute approximate surface area is 131 Å². The van der Waals surface area contributed by atoms with Gasteiger partial charge in [0, 0.05) is 21.7 Å². The molecule has 0 fully saturated rings. The van der Waals surface area contributed by atoms with Gasteiger partial charge in [-0.2, -0.15) is 0 Å². The Morgan fingerprint density at radius 3 is 2.43 bits per heavy atom. The lowest BCUT2D eigenvalue weighted by atomic mass is 10.1. The van der Waals surface area contributed by atoms with Crippen LogP contribution in [-0.2, 0) is 0 Å². The molecule has 0 unspecified atom stereocenters. The molecule has 0 saturated heterocycles. The SMILES string of the molecule is CC(=O)c1ccc2oc3c(ccc4oc5ccccc5c43)c2c1. The number of para-hydroxylation sites is 1. The van der Waals surface area contributed by atoms with Crippen LogP contribution in [0.3, 0.4) is 0 Å². The van der Waals surface area contributed by atoms with E-state index in [0.29, 0.717) is 5.56 Å². The number of furan rings is 2. The van der Waals surface area contributed by atoms with Crippen LogP contribution in [0.1, 0.15) is 17.3 Å². The molecule has 0 saturated carbocycles. The molecule has 110 valence electrons. The minimum Gasteiger partial charge on any atom is -0.456 e. The van der Waals surface area contributed by atoms with Crippen molar-refractivity contribution in [1.29, 1.82) is 0 Å². The quantitative estimate of drug-likeness (QED) is 0.374. The molecule has 0 bridgehead atoms. The van der Waals surface area contributed by atoms with E-state index in [0.717, 1.165) is 43.9 Å². The second-order valence-corrected chi connectivity index (χ2v) is 5.78. The lowest BCUT2D eigenvalue weighted by molar-refractivity contribution is 0.101. The van der Waals surface area contributed by atoms with E-state index in [-0.39, 0.29) is 5.78 Å². The van der Waals surface area contributed by atoms with Gasteiger partial charge in [0.05, 0.1) is 5.39 Å². The molecule has 3 nitrogen and oxygen atoms in total. The molecule has 3 heteroatoms. The van der Waals surface area contributed by atoms with E-state index in [4.69, 9.17) is 8.83 Å².